The van der Waals surface area contributed by atoms with Crippen molar-refractivity contribution in [1.29, 1.82) is 0 Å². The maximum atomic E-state index is 6.51. The first-order chi connectivity index (χ1) is 23.7. The SMILES string of the molecule is c1ccc(-c2cccc(N(c3ccc4c(c3)oc3ccccc34)c3ccc4c(c3)oc3cc5nc(-c6ccccc6)oc5cc34)c2)cc1. The van der Waals surface area contributed by atoms with Crippen LogP contribution < -0.4 is 4.90 Å². The maximum Gasteiger partial charge on any atom is 0.227 e. The van der Waals surface area contributed by atoms with Gasteiger partial charge in [0.25, 0.3) is 0 Å². The topological polar surface area (TPSA) is 55.6 Å². The van der Waals surface area contributed by atoms with Crippen LogP contribution in [0.2, 0.25) is 0 Å². The molecule has 3 aromatic heterocycles. The van der Waals surface area contributed by atoms with Gasteiger partial charge in [-0.05, 0) is 71.8 Å². The molecule has 0 N–H and O–H groups in total. The Morgan fingerprint density at radius 1 is 0.354 bits per heavy atom. The Labute approximate surface area is 274 Å². The van der Waals surface area contributed by atoms with E-state index in [4.69, 9.17) is 18.2 Å². The van der Waals surface area contributed by atoms with E-state index < -0.39 is 0 Å². The third-order valence-corrected chi connectivity index (χ3v) is 9.08. The fraction of sp³-hybridized carbons (Fsp3) is 0. The predicted molar refractivity (Wildman–Crippen MR) is 194 cm³/mol. The molecule has 10 aromatic rings. The van der Waals surface area contributed by atoms with Gasteiger partial charge in [0, 0.05) is 62.4 Å². The molecule has 0 fully saturated rings. The second-order valence-corrected chi connectivity index (χ2v) is 12.0. The number of hydrogen-bond acceptors (Lipinski definition) is 5. The Balaban J connectivity index is 1.13. The number of furan rings is 2. The van der Waals surface area contributed by atoms with E-state index in [1.807, 2.05) is 66.7 Å². The largest absolute Gasteiger partial charge is 0.456 e. The minimum absolute atomic E-state index is 0.597. The number of oxazole rings is 1. The molecule has 48 heavy (non-hydrogen) atoms. The average Bonchev–Trinajstić information content (AvgIpc) is 3.84. The van der Waals surface area contributed by atoms with Gasteiger partial charge in [-0.2, -0.15) is 0 Å². The fourth-order valence-electron chi connectivity index (χ4n) is 6.79. The summed E-state index contributed by atoms with van der Waals surface area (Å²) in [5.41, 5.74) is 11.0. The van der Waals surface area contributed by atoms with E-state index in [-0.39, 0.29) is 0 Å². The summed E-state index contributed by atoms with van der Waals surface area (Å²) < 4.78 is 19.0. The van der Waals surface area contributed by atoms with Crippen molar-refractivity contribution >= 4 is 72.0 Å². The molecule has 0 aliphatic rings. The summed E-state index contributed by atoms with van der Waals surface area (Å²) in [5, 5.41) is 4.20. The van der Waals surface area contributed by atoms with Gasteiger partial charge in [0.2, 0.25) is 5.89 Å². The Morgan fingerprint density at radius 3 is 1.71 bits per heavy atom. The van der Waals surface area contributed by atoms with Crippen LogP contribution in [0.15, 0.2) is 171 Å². The van der Waals surface area contributed by atoms with Crippen molar-refractivity contribution in [2.45, 2.75) is 0 Å². The Hall–Kier alpha value is -6.59. The van der Waals surface area contributed by atoms with Gasteiger partial charge in [-0.15, -0.1) is 0 Å². The predicted octanol–water partition coefficient (Wildman–Crippen LogP) is 12.4. The van der Waals surface area contributed by atoms with Crippen LogP contribution in [0.3, 0.4) is 0 Å². The zero-order valence-electron chi connectivity index (χ0n) is 25.6. The van der Waals surface area contributed by atoms with Gasteiger partial charge in [0.15, 0.2) is 5.58 Å². The molecule has 226 valence electrons. The van der Waals surface area contributed by atoms with Crippen LogP contribution in [0.25, 0.3) is 77.6 Å². The summed E-state index contributed by atoms with van der Waals surface area (Å²) in [4.78, 5) is 7.01. The zero-order chi connectivity index (χ0) is 31.6. The quantitative estimate of drug-likeness (QED) is 0.192. The second kappa shape index (κ2) is 10.5. The van der Waals surface area contributed by atoms with Crippen LogP contribution in [-0.4, -0.2) is 4.98 Å². The van der Waals surface area contributed by atoms with Gasteiger partial charge in [-0.1, -0.05) is 78.9 Å². The highest BCUT2D eigenvalue weighted by Crippen LogP contribution is 2.42. The van der Waals surface area contributed by atoms with Gasteiger partial charge in [-0.3, -0.25) is 0 Å². The molecular weight excluding hydrogens is 592 g/mol. The number of rotatable bonds is 5. The number of fused-ring (bicyclic) bond motifs is 7. The van der Waals surface area contributed by atoms with E-state index >= 15 is 0 Å². The average molecular weight is 619 g/mol. The molecule has 0 amide bonds. The highest BCUT2D eigenvalue weighted by Gasteiger charge is 2.19. The monoisotopic (exact) mass is 618 g/mol. The smallest absolute Gasteiger partial charge is 0.227 e. The lowest BCUT2D eigenvalue weighted by molar-refractivity contribution is 0.620. The van der Waals surface area contributed by atoms with Crippen molar-refractivity contribution < 1.29 is 13.3 Å². The minimum Gasteiger partial charge on any atom is -0.456 e. The first-order valence-corrected chi connectivity index (χ1v) is 15.9. The Bertz CT molecular complexity index is 2790. The van der Waals surface area contributed by atoms with Crippen LogP contribution >= 0.6 is 0 Å². The molecule has 0 bridgehead atoms. The fourth-order valence-corrected chi connectivity index (χ4v) is 6.79. The normalized spacial score (nSPS) is 11.8. The standard InChI is InChI=1S/C43H26N2O3/c1-3-10-27(11-4-1)29-14-9-15-30(22-29)45(31-18-20-34-33-16-7-8-17-38(33)46-39(34)23-31)32-19-21-35-36-25-42-37(26-41(36)47-40(35)24-32)44-43(48-42)28-12-5-2-6-13-28/h1-26H. The van der Waals surface area contributed by atoms with Crippen LogP contribution in [0.4, 0.5) is 17.1 Å². The van der Waals surface area contributed by atoms with Gasteiger partial charge in [0.1, 0.15) is 27.8 Å². The molecule has 10 rings (SSSR count). The van der Waals surface area contributed by atoms with Crippen molar-refractivity contribution in [3.63, 3.8) is 0 Å². The van der Waals surface area contributed by atoms with E-state index in [9.17, 15) is 0 Å². The first kappa shape index (κ1) is 26.6. The van der Waals surface area contributed by atoms with E-state index in [1.165, 1.54) is 0 Å². The molecule has 0 saturated heterocycles. The third kappa shape index (κ3) is 4.29. The summed E-state index contributed by atoms with van der Waals surface area (Å²) in [6.45, 7) is 0. The number of nitrogens with zero attached hydrogens (tertiary/aromatic N) is 2. The molecule has 5 heteroatoms. The number of para-hydroxylation sites is 1. The molecule has 3 heterocycles. The molecule has 0 spiro atoms. The molecule has 7 aromatic carbocycles. The molecule has 0 aliphatic heterocycles. The molecule has 0 atom stereocenters. The Kier molecular flexibility index (Phi) is 5.81. The van der Waals surface area contributed by atoms with E-state index in [1.54, 1.807) is 0 Å². The van der Waals surface area contributed by atoms with Crippen molar-refractivity contribution in [3.8, 4) is 22.6 Å². The highest BCUT2D eigenvalue weighted by molar-refractivity contribution is 6.10. The van der Waals surface area contributed by atoms with Crippen molar-refractivity contribution in [2.75, 3.05) is 4.90 Å². The summed E-state index contributed by atoms with van der Waals surface area (Å²) in [7, 11) is 0. The van der Waals surface area contributed by atoms with E-state index in [2.05, 4.69) is 95.9 Å². The van der Waals surface area contributed by atoms with Crippen LogP contribution in [-0.2, 0) is 0 Å². The summed E-state index contributed by atoms with van der Waals surface area (Å²) in [6.07, 6.45) is 0. The minimum atomic E-state index is 0.597. The molecular formula is C43H26N2O3. The summed E-state index contributed by atoms with van der Waals surface area (Å²) in [5.74, 6) is 0.597. The molecule has 0 radical (unpaired) electrons. The van der Waals surface area contributed by atoms with Crippen molar-refractivity contribution in [3.05, 3.63) is 158 Å². The zero-order valence-corrected chi connectivity index (χ0v) is 25.6. The number of benzene rings is 7. The first-order valence-electron chi connectivity index (χ1n) is 15.9. The lowest BCUT2D eigenvalue weighted by atomic mass is 10.0. The molecule has 0 unspecified atom stereocenters. The Morgan fingerprint density at radius 2 is 0.938 bits per heavy atom. The van der Waals surface area contributed by atoms with Gasteiger partial charge >= 0.3 is 0 Å². The molecule has 0 aliphatic carbocycles. The highest BCUT2D eigenvalue weighted by atomic mass is 16.4. The second-order valence-electron chi connectivity index (χ2n) is 12.0. The van der Waals surface area contributed by atoms with Crippen LogP contribution in [0.5, 0.6) is 0 Å². The lowest BCUT2D eigenvalue weighted by Crippen LogP contribution is -2.09. The maximum absolute atomic E-state index is 6.51. The third-order valence-electron chi connectivity index (χ3n) is 9.08. The number of aromatic nitrogens is 1. The van der Waals surface area contributed by atoms with Gasteiger partial charge < -0.3 is 18.2 Å². The van der Waals surface area contributed by atoms with Gasteiger partial charge in [0.05, 0.1) is 0 Å². The number of hydrogen-bond donors (Lipinski definition) is 0. The molecule has 0 saturated carbocycles. The lowest BCUT2D eigenvalue weighted by Gasteiger charge is -2.26. The van der Waals surface area contributed by atoms with Gasteiger partial charge in [-0.25, -0.2) is 4.98 Å². The molecule has 5 nitrogen and oxygen atoms in total. The van der Waals surface area contributed by atoms with Crippen LogP contribution in [0, 0.1) is 0 Å². The van der Waals surface area contributed by atoms with Crippen molar-refractivity contribution in [2.24, 2.45) is 0 Å². The number of anilines is 3. The summed E-state index contributed by atoms with van der Waals surface area (Å²) in [6, 6.07) is 54.0. The van der Waals surface area contributed by atoms with E-state index in [0.29, 0.717) is 5.89 Å². The summed E-state index contributed by atoms with van der Waals surface area (Å²) >= 11 is 0. The van der Waals surface area contributed by atoms with E-state index in [0.717, 1.165) is 88.7 Å². The van der Waals surface area contributed by atoms with Crippen LogP contribution in [0.1, 0.15) is 0 Å². The van der Waals surface area contributed by atoms with Crippen molar-refractivity contribution in [1.82, 2.24) is 4.98 Å².